The third-order valence-electron chi connectivity index (χ3n) is 6.12. The Morgan fingerprint density at radius 2 is 1.29 bits per heavy atom. The molecule has 1 heterocycles. The maximum absolute atomic E-state index is 6.63. The van der Waals surface area contributed by atoms with Gasteiger partial charge < -0.3 is 5.73 Å². The normalized spacial score (nSPS) is 38.4. The van der Waals surface area contributed by atoms with Crippen LogP contribution in [0.2, 0.25) is 0 Å². The Labute approximate surface area is 132 Å². The Hall–Kier alpha value is -0.0800. The van der Waals surface area contributed by atoms with Crippen LogP contribution in [0.3, 0.4) is 0 Å². The van der Waals surface area contributed by atoms with Crippen LogP contribution in [0.5, 0.6) is 0 Å². The fourth-order valence-corrected chi connectivity index (χ4v) is 4.25. The Balaban J connectivity index is 1.91. The second-order valence-electron chi connectivity index (χ2n) is 7.88. The van der Waals surface area contributed by atoms with E-state index in [1.165, 1.54) is 83.7 Å². The van der Waals surface area contributed by atoms with Crippen molar-refractivity contribution in [3.05, 3.63) is 0 Å². The highest BCUT2D eigenvalue weighted by Gasteiger charge is 2.30. The van der Waals surface area contributed by atoms with Gasteiger partial charge in [0.25, 0.3) is 0 Å². The van der Waals surface area contributed by atoms with Crippen molar-refractivity contribution in [2.75, 3.05) is 13.1 Å². The summed E-state index contributed by atoms with van der Waals surface area (Å²) in [7, 11) is 0. The molecular formula is C19H38N2. The molecule has 0 aromatic carbocycles. The monoisotopic (exact) mass is 294 g/mol. The number of hydrogen-bond donors (Lipinski definition) is 1. The van der Waals surface area contributed by atoms with Gasteiger partial charge in [-0.05, 0) is 37.6 Å². The van der Waals surface area contributed by atoms with Crippen LogP contribution in [0.25, 0.3) is 0 Å². The van der Waals surface area contributed by atoms with E-state index < -0.39 is 0 Å². The zero-order chi connectivity index (χ0) is 15.1. The van der Waals surface area contributed by atoms with Gasteiger partial charge >= 0.3 is 0 Å². The first kappa shape index (κ1) is 17.3. The predicted molar refractivity (Wildman–Crippen MR) is 92.5 cm³/mol. The van der Waals surface area contributed by atoms with Crippen molar-refractivity contribution >= 4 is 0 Å². The molecule has 21 heavy (non-hydrogen) atoms. The van der Waals surface area contributed by atoms with Gasteiger partial charge in [-0.1, -0.05) is 65.2 Å². The lowest BCUT2D eigenvalue weighted by molar-refractivity contribution is 0.0746. The highest BCUT2D eigenvalue weighted by atomic mass is 15.2. The average molecular weight is 295 g/mol. The zero-order valence-electron chi connectivity index (χ0n) is 14.5. The fraction of sp³-hybridized carbons (Fsp3) is 1.00. The van der Waals surface area contributed by atoms with Crippen LogP contribution < -0.4 is 5.73 Å². The molecule has 0 aromatic heterocycles. The van der Waals surface area contributed by atoms with E-state index in [9.17, 15) is 0 Å². The highest BCUT2D eigenvalue weighted by Crippen LogP contribution is 2.27. The quantitative estimate of drug-likeness (QED) is 0.767. The summed E-state index contributed by atoms with van der Waals surface area (Å²) in [6, 6.07) is 1.06. The minimum absolute atomic E-state index is 0.407. The van der Waals surface area contributed by atoms with E-state index in [1.54, 1.807) is 0 Å². The van der Waals surface area contributed by atoms with Gasteiger partial charge in [-0.15, -0.1) is 0 Å². The van der Waals surface area contributed by atoms with Crippen LogP contribution >= 0.6 is 0 Å². The van der Waals surface area contributed by atoms with E-state index in [0.29, 0.717) is 12.1 Å². The van der Waals surface area contributed by atoms with Gasteiger partial charge in [0.2, 0.25) is 0 Å². The summed E-state index contributed by atoms with van der Waals surface area (Å²) < 4.78 is 0. The fourth-order valence-electron chi connectivity index (χ4n) is 4.25. The third-order valence-corrected chi connectivity index (χ3v) is 6.12. The van der Waals surface area contributed by atoms with Crippen molar-refractivity contribution in [3.8, 4) is 0 Å². The van der Waals surface area contributed by atoms with Gasteiger partial charge in [0.05, 0.1) is 0 Å². The summed E-state index contributed by atoms with van der Waals surface area (Å²) in [5, 5.41) is 0. The van der Waals surface area contributed by atoms with Crippen molar-refractivity contribution in [1.82, 2.24) is 4.90 Å². The Morgan fingerprint density at radius 3 is 1.90 bits per heavy atom. The molecule has 2 N–H and O–H groups in total. The van der Waals surface area contributed by atoms with Crippen LogP contribution in [0.1, 0.15) is 84.5 Å². The van der Waals surface area contributed by atoms with Gasteiger partial charge in [0.1, 0.15) is 0 Å². The van der Waals surface area contributed by atoms with E-state index in [1.807, 2.05) is 0 Å². The summed E-state index contributed by atoms with van der Waals surface area (Å²) in [5.41, 5.74) is 6.63. The molecule has 0 aromatic rings. The zero-order valence-corrected chi connectivity index (χ0v) is 14.5. The molecule has 4 atom stereocenters. The third kappa shape index (κ3) is 5.56. The number of piperidine rings is 1. The maximum Gasteiger partial charge on any atom is 0.0247 e. The smallest absolute Gasteiger partial charge is 0.0247 e. The molecule has 124 valence electrons. The number of nitrogens with zero attached hydrogens (tertiary/aromatic N) is 1. The van der Waals surface area contributed by atoms with Crippen molar-refractivity contribution in [2.45, 2.75) is 96.6 Å². The second-order valence-corrected chi connectivity index (χ2v) is 7.88. The van der Waals surface area contributed by atoms with E-state index in [0.717, 1.165) is 11.8 Å². The Bertz CT molecular complexity index is 279. The molecule has 4 unspecified atom stereocenters. The molecule has 2 nitrogen and oxygen atoms in total. The molecule has 2 rings (SSSR count). The van der Waals surface area contributed by atoms with E-state index >= 15 is 0 Å². The number of hydrogen-bond acceptors (Lipinski definition) is 2. The lowest BCUT2D eigenvalue weighted by Crippen LogP contribution is -2.52. The molecule has 1 saturated carbocycles. The first-order valence-corrected chi connectivity index (χ1v) is 9.68. The van der Waals surface area contributed by atoms with Crippen LogP contribution in [0.15, 0.2) is 0 Å². The van der Waals surface area contributed by atoms with Crippen LogP contribution in [0, 0.1) is 11.8 Å². The SMILES string of the molecule is CC1CCN(C2CCCCCCCCCCC2N)CC1C. The largest absolute Gasteiger partial charge is 0.326 e. The Kier molecular flexibility index (Phi) is 7.53. The lowest BCUT2D eigenvalue weighted by atomic mass is 9.85. The molecule has 0 spiro atoms. The summed E-state index contributed by atoms with van der Waals surface area (Å²) >= 11 is 0. The molecule has 2 heteroatoms. The van der Waals surface area contributed by atoms with Gasteiger partial charge in [-0.3, -0.25) is 4.90 Å². The molecule has 1 aliphatic carbocycles. The summed E-state index contributed by atoms with van der Waals surface area (Å²) in [6.45, 7) is 7.41. The predicted octanol–water partition coefficient (Wildman–Crippen LogP) is 4.57. The molecule has 2 fully saturated rings. The molecular weight excluding hydrogens is 256 g/mol. The van der Waals surface area contributed by atoms with E-state index in [4.69, 9.17) is 5.73 Å². The van der Waals surface area contributed by atoms with Gasteiger partial charge in [-0.25, -0.2) is 0 Å². The second kappa shape index (κ2) is 9.15. The standard InChI is InChI=1S/C19H38N2/c1-16-13-14-21(15-17(16)2)19-12-10-8-6-4-3-5-7-9-11-18(19)20/h16-19H,3-15,20H2,1-2H3. The van der Waals surface area contributed by atoms with Crippen molar-refractivity contribution in [2.24, 2.45) is 17.6 Å². The number of nitrogens with two attached hydrogens (primary N) is 1. The molecule has 0 amide bonds. The van der Waals surface area contributed by atoms with E-state index in [2.05, 4.69) is 18.7 Å². The van der Waals surface area contributed by atoms with Gasteiger partial charge in [-0.2, -0.15) is 0 Å². The summed E-state index contributed by atoms with van der Waals surface area (Å²) in [6.07, 6.45) is 15.3. The van der Waals surface area contributed by atoms with Crippen molar-refractivity contribution in [3.63, 3.8) is 0 Å². The van der Waals surface area contributed by atoms with Crippen molar-refractivity contribution in [1.29, 1.82) is 0 Å². The maximum atomic E-state index is 6.63. The van der Waals surface area contributed by atoms with Gasteiger partial charge in [0.15, 0.2) is 0 Å². The Morgan fingerprint density at radius 1 is 0.714 bits per heavy atom. The summed E-state index contributed by atoms with van der Waals surface area (Å²) in [4.78, 5) is 2.75. The van der Waals surface area contributed by atoms with Crippen LogP contribution in [0.4, 0.5) is 0 Å². The highest BCUT2D eigenvalue weighted by molar-refractivity contribution is 4.87. The first-order valence-electron chi connectivity index (χ1n) is 9.68. The minimum Gasteiger partial charge on any atom is -0.326 e. The number of likely N-dealkylation sites (tertiary alicyclic amines) is 1. The molecule has 0 bridgehead atoms. The van der Waals surface area contributed by atoms with Crippen molar-refractivity contribution < 1.29 is 0 Å². The molecule has 1 aliphatic heterocycles. The van der Waals surface area contributed by atoms with Crippen LogP contribution in [-0.4, -0.2) is 30.1 Å². The molecule has 2 aliphatic rings. The molecule has 0 radical (unpaired) electrons. The molecule has 1 saturated heterocycles. The van der Waals surface area contributed by atoms with Gasteiger partial charge in [0, 0.05) is 18.6 Å². The van der Waals surface area contributed by atoms with E-state index in [-0.39, 0.29) is 0 Å². The number of rotatable bonds is 1. The summed E-state index contributed by atoms with van der Waals surface area (Å²) in [5.74, 6) is 1.73. The lowest BCUT2D eigenvalue weighted by Gasteiger charge is -2.42. The minimum atomic E-state index is 0.407. The topological polar surface area (TPSA) is 29.3 Å². The average Bonchev–Trinajstić information content (AvgIpc) is 2.46. The van der Waals surface area contributed by atoms with Crippen LogP contribution in [-0.2, 0) is 0 Å². The first-order chi connectivity index (χ1) is 10.2.